The SMILES string of the molecule is Cc1cccc(-c2nc3sc4c(c3c(=O)n2C2CCN(C)CC2)CCCC4)c1. The van der Waals surface area contributed by atoms with Gasteiger partial charge in [-0.3, -0.25) is 9.36 Å². The molecule has 1 aromatic carbocycles. The molecule has 0 atom stereocenters. The zero-order valence-electron chi connectivity index (χ0n) is 16.7. The minimum absolute atomic E-state index is 0.190. The van der Waals surface area contributed by atoms with E-state index in [1.165, 1.54) is 28.8 Å². The summed E-state index contributed by atoms with van der Waals surface area (Å²) in [5.74, 6) is 0.856. The molecule has 0 N–H and O–H groups in total. The van der Waals surface area contributed by atoms with Gasteiger partial charge in [0.1, 0.15) is 10.7 Å². The Morgan fingerprint density at radius 1 is 1.14 bits per heavy atom. The van der Waals surface area contributed by atoms with Crippen LogP contribution in [0.1, 0.15) is 47.7 Å². The van der Waals surface area contributed by atoms with E-state index in [2.05, 4.69) is 43.1 Å². The molecule has 5 heteroatoms. The maximum atomic E-state index is 13.8. The summed E-state index contributed by atoms with van der Waals surface area (Å²) in [5.41, 5.74) is 3.74. The molecule has 4 nitrogen and oxygen atoms in total. The van der Waals surface area contributed by atoms with Gasteiger partial charge in [0, 0.05) is 16.5 Å². The molecule has 1 saturated heterocycles. The van der Waals surface area contributed by atoms with E-state index in [0.29, 0.717) is 0 Å². The Labute approximate surface area is 169 Å². The highest BCUT2D eigenvalue weighted by Crippen LogP contribution is 2.36. The van der Waals surface area contributed by atoms with Crippen LogP contribution in [0, 0.1) is 6.92 Å². The van der Waals surface area contributed by atoms with E-state index < -0.39 is 0 Å². The smallest absolute Gasteiger partial charge is 0.263 e. The van der Waals surface area contributed by atoms with Crippen molar-refractivity contribution in [1.82, 2.24) is 14.5 Å². The van der Waals surface area contributed by atoms with Crippen LogP contribution in [-0.2, 0) is 12.8 Å². The highest BCUT2D eigenvalue weighted by atomic mass is 32.1. The Hall–Kier alpha value is -1.98. The van der Waals surface area contributed by atoms with E-state index in [4.69, 9.17) is 4.98 Å². The van der Waals surface area contributed by atoms with Crippen molar-refractivity contribution in [3.63, 3.8) is 0 Å². The quantitative estimate of drug-likeness (QED) is 0.640. The fraction of sp³-hybridized carbons (Fsp3) is 0.478. The van der Waals surface area contributed by atoms with Crippen molar-refractivity contribution in [3.8, 4) is 11.4 Å². The Bertz CT molecular complexity index is 1090. The molecule has 0 bridgehead atoms. The van der Waals surface area contributed by atoms with Crippen LogP contribution in [0.2, 0.25) is 0 Å². The van der Waals surface area contributed by atoms with Crippen LogP contribution in [0.25, 0.3) is 21.6 Å². The second-order valence-electron chi connectivity index (χ2n) is 8.41. The van der Waals surface area contributed by atoms with Crippen molar-refractivity contribution in [2.24, 2.45) is 0 Å². The van der Waals surface area contributed by atoms with E-state index in [1.54, 1.807) is 11.3 Å². The molecule has 0 radical (unpaired) electrons. The first-order valence-electron chi connectivity index (χ1n) is 10.4. The number of aromatic nitrogens is 2. The third kappa shape index (κ3) is 3.01. The topological polar surface area (TPSA) is 38.1 Å². The number of hydrogen-bond donors (Lipinski definition) is 0. The molecule has 0 amide bonds. The van der Waals surface area contributed by atoms with Crippen LogP contribution in [-0.4, -0.2) is 34.6 Å². The number of aryl methyl sites for hydroxylation is 3. The molecular weight excluding hydrogens is 366 g/mol. The van der Waals surface area contributed by atoms with Crippen LogP contribution in [0.5, 0.6) is 0 Å². The number of fused-ring (bicyclic) bond motifs is 3. The summed E-state index contributed by atoms with van der Waals surface area (Å²) in [6, 6.07) is 8.66. The van der Waals surface area contributed by atoms with E-state index in [0.717, 1.165) is 60.4 Å². The lowest BCUT2D eigenvalue weighted by Crippen LogP contribution is -2.36. The highest BCUT2D eigenvalue weighted by molar-refractivity contribution is 7.18. The van der Waals surface area contributed by atoms with Gasteiger partial charge in [-0.25, -0.2) is 4.98 Å². The van der Waals surface area contributed by atoms with E-state index >= 15 is 0 Å². The minimum Gasteiger partial charge on any atom is -0.306 e. The van der Waals surface area contributed by atoms with Gasteiger partial charge >= 0.3 is 0 Å². The number of piperidine rings is 1. The molecule has 1 aliphatic carbocycles. The van der Waals surface area contributed by atoms with Crippen molar-refractivity contribution in [2.45, 2.75) is 51.5 Å². The zero-order valence-corrected chi connectivity index (χ0v) is 17.5. The largest absolute Gasteiger partial charge is 0.306 e. The summed E-state index contributed by atoms with van der Waals surface area (Å²) in [6.07, 6.45) is 6.57. The fourth-order valence-corrected chi connectivity index (χ4v) is 6.05. The molecule has 146 valence electrons. The Morgan fingerprint density at radius 3 is 2.71 bits per heavy atom. The van der Waals surface area contributed by atoms with Gasteiger partial charge in [-0.05, 0) is 77.2 Å². The number of rotatable bonds is 2. The summed E-state index contributed by atoms with van der Waals surface area (Å²) in [6.45, 7) is 4.16. The third-order valence-electron chi connectivity index (χ3n) is 6.35. The number of nitrogens with zero attached hydrogens (tertiary/aromatic N) is 3. The van der Waals surface area contributed by atoms with Crippen LogP contribution >= 0.6 is 11.3 Å². The molecule has 0 spiro atoms. The van der Waals surface area contributed by atoms with Crippen molar-refractivity contribution in [2.75, 3.05) is 20.1 Å². The first kappa shape index (κ1) is 18.1. The highest BCUT2D eigenvalue weighted by Gasteiger charge is 2.27. The normalized spacial score (nSPS) is 18.5. The standard InChI is InChI=1S/C23H27N3OS/c1-15-6-5-7-16(14-15)21-24-22-20(18-8-3-4-9-19(18)28-22)23(27)26(21)17-10-12-25(2)13-11-17/h5-7,14,17H,3-4,8-13H2,1-2H3. The lowest BCUT2D eigenvalue weighted by Gasteiger charge is -2.31. The monoisotopic (exact) mass is 393 g/mol. The first-order chi connectivity index (χ1) is 13.6. The molecule has 5 rings (SSSR count). The second-order valence-corrected chi connectivity index (χ2v) is 9.49. The summed E-state index contributed by atoms with van der Waals surface area (Å²) >= 11 is 1.75. The van der Waals surface area contributed by atoms with Gasteiger partial charge < -0.3 is 4.90 Å². The van der Waals surface area contributed by atoms with Crippen molar-refractivity contribution in [1.29, 1.82) is 0 Å². The number of hydrogen-bond acceptors (Lipinski definition) is 4. The van der Waals surface area contributed by atoms with E-state index in [-0.39, 0.29) is 11.6 Å². The molecule has 0 saturated carbocycles. The predicted molar refractivity (Wildman–Crippen MR) is 116 cm³/mol. The lowest BCUT2D eigenvalue weighted by molar-refractivity contribution is 0.219. The molecule has 3 aromatic rings. The van der Waals surface area contributed by atoms with Gasteiger partial charge in [-0.1, -0.05) is 23.8 Å². The summed E-state index contributed by atoms with van der Waals surface area (Å²) < 4.78 is 2.05. The van der Waals surface area contributed by atoms with Crippen molar-refractivity contribution >= 4 is 21.6 Å². The Balaban J connectivity index is 1.77. The zero-order chi connectivity index (χ0) is 19.3. The van der Waals surface area contributed by atoms with Crippen LogP contribution in [0.3, 0.4) is 0 Å². The summed E-state index contributed by atoms with van der Waals surface area (Å²) in [7, 11) is 2.16. The van der Waals surface area contributed by atoms with Crippen LogP contribution < -0.4 is 5.56 Å². The molecule has 1 aliphatic heterocycles. The fourth-order valence-electron chi connectivity index (χ4n) is 4.80. The Morgan fingerprint density at radius 2 is 1.93 bits per heavy atom. The molecule has 2 aromatic heterocycles. The van der Waals surface area contributed by atoms with E-state index in [9.17, 15) is 4.79 Å². The number of thiophene rings is 1. The second kappa shape index (κ2) is 7.12. The van der Waals surface area contributed by atoms with Crippen molar-refractivity contribution < 1.29 is 0 Å². The first-order valence-corrected chi connectivity index (χ1v) is 11.3. The van der Waals surface area contributed by atoms with Gasteiger partial charge in [0.2, 0.25) is 0 Å². The van der Waals surface area contributed by atoms with Crippen LogP contribution in [0.4, 0.5) is 0 Å². The summed E-state index contributed by atoms with van der Waals surface area (Å²) in [4.78, 5) is 23.6. The van der Waals surface area contributed by atoms with Crippen molar-refractivity contribution in [3.05, 3.63) is 50.6 Å². The maximum Gasteiger partial charge on any atom is 0.263 e. The van der Waals surface area contributed by atoms with Gasteiger partial charge in [0.25, 0.3) is 5.56 Å². The minimum atomic E-state index is 0.190. The molecule has 0 unspecified atom stereocenters. The van der Waals surface area contributed by atoms with E-state index in [1.807, 2.05) is 4.57 Å². The number of likely N-dealkylation sites (tertiary alicyclic amines) is 1. The predicted octanol–water partition coefficient (Wildman–Crippen LogP) is 4.58. The van der Waals surface area contributed by atoms with Gasteiger partial charge in [0.15, 0.2) is 0 Å². The molecule has 2 aliphatic rings. The summed E-state index contributed by atoms with van der Waals surface area (Å²) in [5, 5.41) is 0.912. The maximum absolute atomic E-state index is 13.8. The average Bonchev–Trinajstić information content (AvgIpc) is 3.07. The number of benzene rings is 1. The molecule has 1 fully saturated rings. The Kier molecular flexibility index (Phi) is 4.60. The third-order valence-corrected chi connectivity index (χ3v) is 7.54. The average molecular weight is 394 g/mol. The van der Waals surface area contributed by atoms with Gasteiger partial charge in [-0.15, -0.1) is 11.3 Å². The van der Waals surface area contributed by atoms with Gasteiger partial charge in [0.05, 0.1) is 5.39 Å². The van der Waals surface area contributed by atoms with Gasteiger partial charge in [-0.2, -0.15) is 0 Å². The lowest BCUT2D eigenvalue weighted by atomic mass is 9.97. The van der Waals surface area contributed by atoms with Crippen LogP contribution in [0.15, 0.2) is 29.1 Å². The molecule has 28 heavy (non-hydrogen) atoms. The molecular formula is C23H27N3OS. The molecule has 3 heterocycles.